The second-order valence-electron chi connectivity index (χ2n) is 5.66. The van der Waals surface area contributed by atoms with Crippen LogP contribution in [-0.4, -0.2) is 11.8 Å². The van der Waals surface area contributed by atoms with Crippen molar-refractivity contribution >= 4 is 23.2 Å². The van der Waals surface area contributed by atoms with Crippen LogP contribution < -0.4 is 10.6 Å². The lowest BCUT2D eigenvalue weighted by atomic mass is 10.1. The second kappa shape index (κ2) is 7.93. The van der Waals surface area contributed by atoms with Crippen molar-refractivity contribution in [1.29, 1.82) is 5.26 Å². The standard InChI is InChI=1S/C21H14FN3O2/c22-18-6-1-2-7-19(18)25-21(27)16-5-3-4-15(12-16)20(26)24-17-10-8-14(13-23)9-11-17/h1-12H,(H,24,26)(H,25,27). The van der Waals surface area contributed by atoms with E-state index in [1.54, 1.807) is 42.5 Å². The maximum atomic E-state index is 13.7. The zero-order valence-corrected chi connectivity index (χ0v) is 14.1. The molecule has 0 bridgehead atoms. The van der Waals surface area contributed by atoms with E-state index in [-0.39, 0.29) is 16.8 Å². The van der Waals surface area contributed by atoms with E-state index >= 15 is 0 Å². The fraction of sp³-hybridized carbons (Fsp3) is 0. The van der Waals surface area contributed by atoms with Gasteiger partial charge in [0.1, 0.15) is 5.82 Å². The molecule has 3 aromatic rings. The topological polar surface area (TPSA) is 82.0 Å². The highest BCUT2D eigenvalue weighted by molar-refractivity contribution is 6.08. The predicted octanol–water partition coefficient (Wildman–Crippen LogP) is 4.20. The number of amides is 2. The van der Waals surface area contributed by atoms with Crippen molar-refractivity contribution in [2.45, 2.75) is 0 Å². The molecule has 3 rings (SSSR count). The fourth-order valence-corrected chi connectivity index (χ4v) is 2.39. The summed E-state index contributed by atoms with van der Waals surface area (Å²) in [5, 5.41) is 14.0. The first-order valence-electron chi connectivity index (χ1n) is 8.04. The van der Waals surface area contributed by atoms with Gasteiger partial charge in [-0.25, -0.2) is 4.39 Å². The van der Waals surface area contributed by atoms with E-state index in [9.17, 15) is 14.0 Å². The number of anilines is 2. The molecule has 2 N–H and O–H groups in total. The van der Waals surface area contributed by atoms with Gasteiger partial charge in [0.15, 0.2) is 0 Å². The summed E-state index contributed by atoms with van der Waals surface area (Å²) in [4.78, 5) is 24.7. The molecule has 5 nitrogen and oxygen atoms in total. The zero-order valence-electron chi connectivity index (χ0n) is 14.1. The first kappa shape index (κ1) is 17.8. The van der Waals surface area contributed by atoms with Gasteiger partial charge in [0, 0.05) is 16.8 Å². The lowest BCUT2D eigenvalue weighted by Crippen LogP contribution is -2.16. The van der Waals surface area contributed by atoms with Crippen LogP contribution in [-0.2, 0) is 0 Å². The van der Waals surface area contributed by atoms with Crippen LogP contribution in [0.4, 0.5) is 15.8 Å². The number of nitrogens with one attached hydrogen (secondary N) is 2. The Morgan fingerprint density at radius 3 is 2.07 bits per heavy atom. The van der Waals surface area contributed by atoms with Gasteiger partial charge in [-0.3, -0.25) is 9.59 Å². The van der Waals surface area contributed by atoms with Crippen LogP contribution in [0.1, 0.15) is 26.3 Å². The van der Waals surface area contributed by atoms with Gasteiger partial charge in [-0.05, 0) is 54.6 Å². The van der Waals surface area contributed by atoms with E-state index in [2.05, 4.69) is 10.6 Å². The Morgan fingerprint density at radius 1 is 0.815 bits per heavy atom. The number of benzene rings is 3. The van der Waals surface area contributed by atoms with E-state index in [0.29, 0.717) is 11.3 Å². The third-order valence-electron chi connectivity index (χ3n) is 3.78. The number of hydrogen-bond donors (Lipinski definition) is 2. The molecule has 2 amide bonds. The second-order valence-corrected chi connectivity index (χ2v) is 5.66. The van der Waals surface area contributed by atoms with Crippen LogP contribution in [0.15, 0.2) is 72.8 Å². The molecular formula is C21H14FN3O2. The lowest BCUT2D eigenvalue weighted by Gasteiger charge is -2.09. The van der Waals surface area contributed by atoms with Crippen molar-refractivity contribution in [3.63, 3.8) is 0 Å². The first-order chi connectivity index (χ1) is 13.1. The monoisotopic (exact) mass is 359 g/mol. The highest BCUT2D eigenvalue weighted by atomic mass is 19.1. The van der Waals surface area contributed by atoms with Crippen molar-refractivity contribution in [3.05, 3.63) is 95.3 Å². The van der Waals surface area contributed by atoms with Gasteiger partial charge in [0.25, 0.3) is 11.8 Å². The molecule has 0 aliphatic rings. The van der Waals surface area contributed by atoms with Crippen molar-refractivity contribution in [3.8, 4) is 6.07 Å². The molecule has 0 atom stereocenters. The molecule has 3 aromatic carbocycles. The van der Waals surface area contributed by atoms with Crippen LogP contribution in [0.5, 0.6) is 0 Å². The smallest absolute Gasteiger partial charge is 0.255 e. The summed E-state index contributed by atoms with van der Waals surface area (Å²) in [6.07, 6.45) is 0. The molecule has 0 aromatic heterocycles. The van der Waals surface area contributed by atoms with E-state index < -0.39 is 17.6 Å². The van der Waals surface area contributed by atoms with Crippen LogP contribution >= 0.6 is 0 Å². The average molecular weight is 359 g/mol. The van der Waals surface area contributed by atoms with Crippen molar-refractivity contribution < 1.29 is 14.0 Å². The van der Waals surface area contributed by atoms with Gasteiger partial charge in [0.05, 0.1) is 17.3 Å². The maximum absolute atomic E-state index is 13.7. The number of rotatable bonds is 4. The molecule has 0 saturated heterocycles. The van der Waals surface area contributed by atoms with E-state index in [1.807, 2.05) is 6.07 Å². The zero-order chi connectivity index (χ0) is 19.2. The van der Waals surface area contributed by atoms with Crippen molar-refractivity contribution in [1.82, 2.24) is 0 Å². The molecule has 0 radical (unpaired) electrons. The molecule has 0 aliphatic carbocycles. The highest BCUT2D eigenvalue weighted by Crippen LogP contribution is 2.16. The minimum absolute atomic E-state index is 0.0648. The minimum Gasteiger partial charge on any atom is -0.322 e. The Hall–Kier alpha value is -3.98. The SMILES string of the molecule is N#Cc1ccc(NC(=O)c2cccc(C(=O)Nc3ccccc3F)c2)cc1. The number of halogens is 1. The number of hydrogen-bond acceptors (Lipinski definition) is 3. The number of nitriles is 1. The van der Waals surface area contributed by atoms with E-state index in [0.717, 1.165) is 0 Å². The summed E-state index contributed by atoms with van der Waals surface area (Å²) < 4.78 is 13.7. The van der Waals surface area contributed by atoms with Gasteiger partial charge < -0.3 is 10.6 Å². The molecule has 0 heterocycles. The van der Waals surface area contributed by atoms with E-state index in [1.165, 1.54) is 30.3 Å². The molecule has 0 aliphatic heterocycles. The first-order valence-corrected chi connectivity index (χ1v) is 8.04. The Bertz CT molecular complexity index is 1040. The molecule has 27 heavy (non-hydrogen) atoms. The highest BCUT2D eigenvalue weighted by Gasteiger charge is 2.12. The Kier molecular flexibility index (Phi) is 5.24. The molecule has 132 valence electrons. The summed E-state index contributed by atoms with van der Waals surface area (Å²) in [5.41, 5.74) is 1.58. The summed E-state index contributed by atoms with van der Waals surface area (Å²) >= 11 is 0. The Morgan fingerprint density at radius 2 is 1.44 bits per heavy atom. The molecule has 0 saturated carbocycles. The summed E-state index contributed by atoms with van der Waals surface area (Å²) in [5.74, 6) is -1.46. The number of nitrogens with zero attached hydrogens (tertiary/aromatic N) is 1. The van der Waals surface area contributed by atoms with Gasteiger partial charge in [-0.2, -0.15) is 5.26 Å². The largest absolute Gasteiger partial charge is 0.322 e. The molecule has 0 unspecified atom stereocenters. The van der Waals surface area contributed by atoms with Gasteiger partial charge in [-0.1, -0.05) is 18.2 Å². The number of carbonyl (C=O) groups excluding carboxylic acids is 2. The number of para-hydroxylation sites is 1. The normalized spacial score (nSPS) is 9.93. The summed E-state index contributed by atoms with van der Waals surface area (Å²) in [7, 11) is 0. The Balaban J connectivity index is 1.74. The maximum Gasteiger partial charge on any atom is 0.255 e. The molecular weight excluding hydrogens is 345 g/mol. The van der Waals surface area contributed by atoms with Crippen LogP contribution in [0, 0.1) is 17.1 Å². The van der Waals surface area contributed by atoms with Gasteiger partial charge in [0.2, 0.25) is 0 Å². The minimum atomic E-state index is -0.541. The van der Waals surface area contributed by atoms with E-state index in [4.69, 9.17) is 5.26 Å². The van der Waals surface area contributed by atoms with Crippen LogP contribution in [0.2, 0.25) is 0 Å². The summed E-state index contributed by atoms with van der Waals surface area (Å²) in [6.45, 7) is 0. The molecule has 0 spiro atoms. The third kappa shape index (κ3) is 4.35. The third-order valence-corrected chi connectivity index (χ3v) is 3.78. The van der Waals surface area contributed by atoms with Crippen LogP contribution in [0.25, 0.3) is 0 Å². The fourth-order valence-electron chi connectivity index (χ4n) is 2.39. The molecule has 0 fully saturated rings. The predicted molar refractivity (Wildman–Crippen MR) is 99.9 cm³/mol. The Labute approximate surface area is 155 Å². The quantitative estimate of drug-likeness (QED) is 0.732. The van der Waals surface area contributed by atoms with Crippen molar-refractivity contribution in [2.24, 2.45) is 0 Å². The van der Waals surface area contributed by atoms with Crippen molar-refractivity contribution in [2.75, 3.05) is 10.6 Å². The van der Waals surface area contributed by atoms with Gasteiger partial charge >= 0.3 is 0 Å². The lowest BCUT2D eigenvalue weighted by molar-refractivity contribution is 0.102. The average Bonchev–Trinajstić information content (AvgIpc) is 2.70. The van der Waals surface area contributed by atoms with Gasteiger partial charge in [-0.15, -0.1) is 0 Å². The summed E-state index contributed by atoms with van der Waals surface area (Å²) in [6, 6.07) is 20.4. The molecule has 6 heteroatoms. The number of carbonyl (C=O) groups is 2. The van der Waals surface area contributed by atoms with Crippen LogP contribution in [0.3, 0.4) is 0 Å².